The zero-order valence-electron chi connectivity index (χ0n) is 16.1. The lowest BCUT2D eigenvalue weighted by atomic mass is 9.83. The molecule has 0 spiro atoms. The number of rotatable bonds is 6. The summed E-state index contributed by atoms with van der Waals surface area (Å²) in [6.45, 7) is 0. The number of benzene rings is 3. The first-order valence-corrected chi connectivity index (χ1v) is 10.3. The van der Waals surface area contributed by atoms with Gasteiger partial charge in [-0.15, -0.1) is 0 Å². The molecule has 0 aliphatic heterocycles. The van der Waals surface area contributed by atoms with Crippen LogP contribution in [-0.4, -0.2) is 5.91 Å². The van der Waals surface area contributed by atoms with Gasteiger partial charge in [0.05, 0.1) is 12.0 Å². The average molecular weight is 370 g/mol. The SMILES string of the molecule is O=C(NC(c1ccccc1)c1ccccc1)[C@H](c1ccccc1)C1CCCC1. The predicted octanol–water partition coefficient (Wildman–Crippen LogP) is 5.87. The van der Waals surface area contributed by atoms with Crippen molar-refractivity contribution in [2.75, 3.05) is 0 Å². The van der Waals surface area contributed by atoms with Gasteiger partial charge in [0.1, 0.15) is 0 Å². The molecular formula is C26H27NO. The first-order valence-electron chi connectivity index (χ1n) is 10.3. The monoisotopic (exact) mass is 369 g/mol. The molecule has 0 saturated heterocycles. The summed E-state index contributed by atoms with van der Waals surface area (Å²) in [6.07, 6.45) is 4.72. The maximum Gasteiger partial charge on any atom is 0.228 e. The molecule has 142 valence electrons. The van der Waals surface area contributed by atoms with Crippen LogP contribution in [-0.2, 0) is 4.79 Å². The van der Waals surface area contributed by atoms with Gasteiger partial charge in [-0.05, 0) is 35.4 Å². The number of amides is 1. The molecule has 3 aromatic carbocycles. The molecular weight excluding hydrogens is 342 g/mol. The van der Waals surface area contributed by atoms with Crippen molar-refractivity contribution in [3.63, 3.8) is 0 Å². The van der Waals surface area contributed by atoms with E-state index in [2.05, 4.69) is 41.7 Å². The summed E-state index contributed by atoms with van der Waals surface area (Å²) in [4.78, 5) is 13.6. The Labute approximate surface area is 167 Å². The topological polar surface area (TPSA) is 29.1 Å². The van der Waals surface area contributed by atoms with Gasteiger partial charge >= 0.3 is 0 Å². The minimum Gasteiger partial charge on any atom is -0.345 e. The van der Waals surface area contributed by atoms with E-state index in [1.165, 1.54) is 12.8 Å². The van der Waals surface area contributed by atoms with Crippen molar-refractivity contribution in [2.24, 2.45) is 5.92 Å². The molecule has 1 fully saturated rings. The summed E-state index contributed by atoms with van der Waals surface area (Å²) in [5.41, 5.74) is 3.35. The third kappa shape index (κ3) is 4.17. The zero-order valence-corrected chi connectivity index (χ0v) is 16.1. The van der Waals surface area contributed by atoms with Crippen LogP contribution in [0.5, 0.6) is 0 Å². The van der Waals surface area contributed by atoms with Crippen molar-refractivity contribution in [2.45, 2.75) is 37.6 Å². The van der Waals surface area contributed by atoms with Crippen LogP contribution in [0.3, 0.4) is 0 Å². The molecule has 1 N–H and O–H groups in total. The third-order valence-corrected chi connectivity index (χ3v) is 5.86. The normalized spacial score (nSPS) is 15.5. The third-order valence-electron chi connectivity index (χ3n) is 5.86. The Morgan fingerprint density at radius 3 is 1.57 bits per heavy atom. The van der Waals surface area contributed by atoms with Crippen LogP contribution in [0.1, 0.15) is 54.3 Å². The maximum absolute atomic E-state index is 13.6. The highest BCUT2D eigenvalue weighted by molar-refractivity contribution is 5.84. The lowest BCUT2D eigenvalue weighted by molar-refractivity contribution is -0.124. The smallest absolute Gasteiger partial charge is 0.228 e. The Kier molecular flexibility index (Phi) is 5.86. The number of carbonyl (C=O) groups is 1. The highest BCUT2D eigenvalue weighted by atomic mass is 16.2. The fourth-order valence-electron chi connectivity index (χ4n) is 4.47. The molecule has 0 unspecified atom stereocenters. The largest absolute Gasteiger partial charge is 0.345 e. The summed E-state index contributed by atoms with van der Waals surface area (Å²) in [5, 5.41) is 3.39. The Morgan fingerprint density at radius 1 is 0.679 bits per heavy atom. The highest BCUT2D eigenvalue weighted by Gasteiger charge is 2.33. The quantitative estimate of drug-likeness (QED) is 0.579. The molecule has 1 aliphatic carbocycles. The van der Waals surface area contributed by atoms with Gasteiger partial charge in [-0.2, -0.15) is 0 Å². The molecule has 2 nitrogen and oxygen atoms in total. The standard InChI is InChI=1S/C26H27NO/c28-26(24(21-14-10-11-15-21)20-12-4-1-5-13-20)27-25(22-16-6-2-7-17-22)23-18-8-3-9-19-23/h1-9,12-13,16-19,21,24-25H,10-11,14-15H2,(H,27,28)/t24-/m1/s1. The van der Waals surface area contributed by atoms with E-state index in [4.69, 9.17) is 0 Å². The fourth-order valence-corrected chi connectivity index (χ4v) is 4.47. The van der Waals surface area contributed by atoms with Crippen LogP contribution in [0.25, 0.3) is 0 Å². The van der Waals surface area contributed by atoms with Crippen LogP contribution < -0.4 is 5.32 Å². The first kappa shape index (κ1) is 18.5. The number of carbonyl (C=O) groups excluding carboxylic acids is 1. The van der Waals surface area contributed by atoms with E-state index in [0.717, 1.165) is 29.5 Å². The molecule has 0 aromatic heterocycles. The van der Waals surface area contributed by atoms with Crippen molar-refractivity contribution in [1.82, 2.24) is 5.32 Å². The Hall–Kier alpha value is -2.87. The van der Waals surface area contributed by atoms with Crippen LogP contribution in [0.15, 0.2) is 91.0 Å². The van der Waals surface area contributed by atoms with Crippen molar-refractivity contribution in [3.8, 4) is 0 Å². The van der Waals surface area contributed by atoms with Gasteiger partial charge in [0.15, 0.2) is 0 Å². The van der Waals surface area contributed by atoms with Gasteiger partial charge < -0.3 is 5.32 Å². The average Bonchev–Trinajstić information content (AvgIpc) is 3.28. The molecule has 0 bridgehead atoms. The Balaban J connectivity index is 1.65. The predicted molar refractivity (Wildman–Crippen MR) is 114 cm³/mol. The van der Waals surface area contributed by atoms with Crippen LogP contribution in [0, 0.1) is 5.92 Å². The number of hydrogen-bond acceptors (Lipinski definition) is 1. The van der Waals surface area contributed by atoms with Crippen molar-refractivity contribution in [1.29, 1.82) is 0 Å². The minimum atomic E-state index is -0.137. The second-order valence-electron chi connectivity index (χ2n) is 7.70. The molecule has 0 radical (unpaired) electrons. The second kappa shape index (κ2) is 8.88. The van der Waals surface area contributed by atoms with Crippen LogP contribution >= 0.6 is 0 Å². The summed E-state index contributed by atoms with van der Waals surface area (Å²) < 4.78 is 0. The van der Waals surface area contributed by atoms with Crippen molar-refractivity contribution in [3.05, 3.63) is 108 Å². The van der Waals surface area contributed by atoms with Gasteiger partial charge in [0.25, 0.3) is 0 Å². The number of nitrogens with one attached hydrogen (secondary N) is 1. The van der Waals surface area contributed by atoms with Gasteiger partial charge in [-0.3, -0.25) is 4.79 Å². The number of hydrogen-bond donors (Lipinski definition) is 1. The van der Waals surface area contributed by atoms with E-state index >= 15 is 0 Å². The molecule has 2 heteroatoms. The van der Waals surface area contributed by atoms with E-state index in [0.29, 0.717) is 5.92 Å². The summed E-state index contributed by atoms with van der Waals surface area (Å²) in [5.74, 6) is 0.476. The van der Waals surface area contributed by atoms with Crippen LogP contribution in [0.4, 0.5) is 0 Å². The summed E-state index contributed by atoms with van der Waals surface area (Å²) >= 11 is 0. The van der Waals surface area contributed by atoms with Gasteiger partial charge in [0, 0.05) is 0 Å². The highest BCUT2D eigenvalue weighted by Crippen LogP contribution is 2.38. The molecule has 1 aliphatic rings. The molecule has 4 rings (SSSR count). The maximum atomic E-state index is 13.6. The molecule has 3 aromatic rings. The van der Waals surface area contributed by atoms with Crippen LogP contribution in [0.2, 0.25) is 0 Å². The van der Waals surface area contributed by atoms with Crippen molar-refractivity contribution < 1.29 is 4.79 Å². The molecule has 28 heavy (non-hydrogen) atoms. The van der Waals surface area contributed by atoms with E-state index in [-0.39, 0.29) is 17.9 Å². The Morgan fingerprint density at radius 2 is 1.11 bits per heavy atom. The molecule has 1 saturated carbocycles. The fraction of sp³-hybridized carbons (Fsp3) is 0.269. The van der Waals surface area contributed by atoms with Crippen molar-refractivity contribution >= 4 is 5.91 Å². The van der Waals surface area contributed by atoms with E-state index in [9.17, 15) is 4.79 Å². The second-order valence-corrected chi connectivity index (χ2v) is 7.70. The summed E-state index contributed by atoms with van der Waals surface area (Å²) in [7, 11) is 0. The van der Waals surface area contributed by atoms with E-state index < -0.39 is 0 Å². The first-order chi connectivity index (χ1) is 13.8. The molecule has 0 heterocycles. The zero-order chi connectivity index (χ0) is 19.2. The van der Waals surface area contributed by atoms with Gasteiger partial charge in [0.2, 0.25) is 5.91 Å². The van der Waals surface area contributed by atoms with Gasteiger partial charge in [-0.25, -0.2) is 0 Å². The van der Waals surface area contributed by atoms with Gasteiger partial charge in [-0.1, -0.05) is 104 Å². The van der Waals surface area contributed by atoms with E-state index in [1.807, 2.05) is 54.6 Å². The lowest BCUT2D eigenvalue weighted by Gasteiger charge is -2.27. The molecule has 1 atom stereocenters. The minimum absolute atomic E-state index is 0.0846. The lowest BCUT2D eigenvalue weighted by Crippen LogP contribution is -2.36. The summed E-state index contributed by atoms with van der Waals surface area (Å²) in [6, 6.07) is 30.7. The van der Waals surface area contributed by atoms with E-state index in [1.54, 1.807) is 0 Å². The molecule has 1 amide bonds. The Bertz CT molecular complexity index is 831.